The molecule has 4 atom stereocenters. The van der Waals surface area contributed by atoms with Gasteiger partial charge in [0.2, 0.25) is 0 Å². The van der Waals surface area contributed by atoms with E-state index >= 15 is 0 Å². The average Bonchev–Trinajstić information content (AvgIpc) is 3.58. The highest BCUT2D eigenvalue weighted by molar-refractivity contribution is 6.71. The zero-order valence-electron chi connectivity index (χ0n) is 32.3. The Labute approximate surface area is 330 Å². The van der Waals surface area contributed by atoms with Gasteiger partial charge in [-0.2, -0.15) is 0 Å². The lowest BCUT2D eigenvalue weighted by Gasteiger charge is -2.31. The van der Waals surface area contributed by atoms with Crippen molar-refractivity contribution in [2.45, 2.75) is 57.8 Å². The Morgan fingerprint density at radius 1 is 0.911 bits per heavy atom. The molecule has 12 N–H and O–H groups in total. The minimum absolute atomic E-state index is 0.00301. The molecule has 0 saturated carbocycles. The summed E-state index contributed by atoms with van der Waals surface area (Å²) in [5.41, 5.74) is 22.5. The number of ether oxygens (including phenoxy) is 3. The van der Waals surface area contributed by atoms with Crippen molar-refractivity contribution >= 4 is 38.1 Å². The topological polar surface area (TPSA) is 256 Å². The molecule has 3 aromatic carbocycles. The number of fused-ring (bicyclic) bond motifs is 1. The fourth-order valence-corrected chi connectivity index (χ4v) is 6.72. The van der Waals surface area contributed by atoms with Crippen LogP contribution in [0.5, 0.6) is 17.2 Å². The summed E-state index contributed by atoms with van der Waals surface area (Å²) < 4.78 is 37.3. The van der Waals surface area contributed by atoms with Crippen molar-refractivity contribution in [3.63, 3.8) is 0 Å². The minimum atomic E-state index is -1.46. The standard InChI is InChI=1S/C37H57B3N4O12/c1-3-15-37(2,24-53-39(48)35-25(28(47)20-41)9-4-13-30(35)51-19-8-17-46)23-52-31-14-6-11-27-32(21-42)54-40(36(27)31)56-38-34-26(33(22-43)55-44-49)10-5-12-29(34)50-18-7-16-45/h4-6,9-14,28,32-33,38,44-49H,3,7-8,15-24,41-43H2,1-2H3. The van der Waals surface area contributed by atoms with Crippen molar-refractivity contribution in [3.8, 4) is 17.2 Å². The third-order valence-corrected chi connectivity index (χ3v) is 9.56. The number of benzene rings is 3. The van der Waals surface area contributed by atoms with Crippen LogP contribution >= 0.6 is 0 Å². The number of hydrogen-bond donors (Lipinski definition) is 9. The third-order valence-electron chi connectivity index (χ3n) is 9.56. The van der Waals surface area contributed by atoms with Gasteiger partial charge in [0.25, 0.3) is 7.48 Å². The smallest absolute Gasteiger partial charge is 0.494 e. The summed E-state index contributed by atoms with van der Waals surface area (Å²) >= 11 is 0. The quantitative estimate of drug-likeness (QED) is 0.0259. The summed E-state index contributed by atoms with van der Waals surface area (Å²) in [7, 11) is -2.34. The van der Waals surface area contributed by atoms with Crippen molar-refractivity contribution in [1.82, 2.24) is 5.64 Å². The molecular formula is C37H57B3N4O12. The molecule has 0 spiro atoms. The van der Waals surface area contributed by atoms with E-state index in [4.69, 9.17) is 50.1 Å². The molecule has 0 bridgehead atoms. The van der Waals surface area contributed by atoms with Gasteiger partial charge in [-0.25, -0.2) is 0 Å². The predicted molar refractivity (Wildman–Crippen MR) is 214 cm³/mol. The lowest BCUT2D eigenvalue weighted by Crippen LogP contribution is -2.43. The van der Waals surface area contributed by atoms with Crippen LogP contribution in [0.3, 0.4) is 0 Å². The van der Waals surface area contributed by atoms with Crippen LogP contribution in [-0.4, -0.2) is 107 Å². The van der Waals surface area contributed by atoms with Crippen molar-refractivity contribution in [3.05, 3.63) is 71.3 Å². The first-order valence-electron chi connectivity index (χ1n) is 19.1. The predicted octanol–water partition coefficient (Wildman–Crippen LogP) is -0.880. The molecule has 0 aliphatic carbocycles. The molecule has 1 aliphatic rings. The maximum atomic E-state index is 11.4. The van der Waals surface area contributed by atoms with Crippen LogP contribution in [0.15, 0.2) is 54.6 Å². The Morgan fingerprint density at radius 3 is 2.21 bits per heavy atom. The van der Waals surface area contributed by atoms with Gasteiger partial charge in [-0.15, -0.1) is 0 Å². The van der Waals surface area contributed by atoms with Crippen LogP contribution in [0.25, 0.3) is 0 Å². The molecular weight excluding hydrogens is 725 g/mol. The van der Waals surface area contributed by atoms with Gasteiger partial charge in [-0.05, 0) is 46.8 Å². The van der Waals surface area contributed by atoms with E-state index in [-0.39, 0.29) is 72.2 Å². The van der Waals surface area contributed by atoms with Crippen molar-refractivity contribution in [1.29, 1.82) is 0 Å². The largest absolute Gasteiger partial charge is 0.495 e. The molecule has 19 heteroatoms. The number of nitrogens with two attached hydrogens (primary N) is 3. The second kappa shape index (κ2) is 23.2. The molecule has 0 aromatic heterocycles. The van der Waals surface area contributed by atoms with E-state index in [0.29, 0.717) is 58.6 Å². The van der Waals surface area contributed by atoms with Crippen molar-refractivity contribution in [2.75, 3.05) is 59.3 Å². The molecule has 4 rings (SSSR count). The molecule has 3 aromatic rings. The molecule has 306 valence electrons. The van der Waals surface area contributed by atoms with E-state index < -0.39 is 38.0 Å². The molecule has 0 saturated heterocycles. The summed E-state index contributed by atoms with van der Waals surface area (Å²) in [6.45, 7) is 4.87. The molecule has 0 radical (unpaired) electrons. The zero-order valence-corrected chi connectivity index (χ0v) is 32.3. The van der Waals surface area contributed by atoms with E-state index in [2.05, 4.69) is 6.92 Å². The number of aliphatic hydroxyl groups excluding tert-OH is 3. The van der Waals surface area contributed by atoms with Gasteiger partial charge >= 0.3 is 14.2 Å². The van der Waals surface area contributed by atoms with Crippen molar-refractivity contribution in [2.24, 2.45) is 22.6 Å². The Morgan fingerprint density at radius 2 is 1.57 bits per heavy atom. The van der Waals surface area contributed by atoms with Gasteiger partial charge < -0.3 is 65.6 Å². The van der Waals surface area contributed by atoms with Crippen LogP contribution in [0.1, 0.15) is 74.5 Å². The first kappa shape index (κ1) is 45.4. The van der Waals surface area contributed by atoms with Gasteiger partial charge in [-0.3, -0.25) is 10.0 Å². The highest BCUT2D eigenvalue weighted by atomic mass is 16.8. The summed E-state index contributed by atoms with van der Waals surface area (Å²) in [6.07, 6.45) is 0.0293. The van der Waals surface area contributed by atoms with Crippen LogP contribution in [0.4, 0.5) is 0 Å². The van der Waals surface area contributed by atoms with Gasteiger partial charge in [0, 0.05) is 68.6 Å². The summed E-state index contributed by atoms with van der Waals surface area (Å²) in [4.78, 5) is 5.28. The second-order valence-electron chi connectivity index (χ2n) is 13.9. The lowest BCUT2D eigenvalue weighted by molar-refractivity contribution is -0.161. The molecule has 0 amide bonds. The average molecular weight is 782 g/mol. The highest BCUT2D eigenvalue weighted by Crippen LogP contribution is 2.31. The van der Waals surface area contributed by atoms with Gasteiger partial charge in [0.1, 0.15) is 23.4 Å². The Balaban J connectivity index is 1.57. The normalized spacial score (nSPS) is 15.9. The van der Waals surface area contributed by atoms with Crippen molar-refractivity contribution < 1.29 is 58.5 Å². The Kier molecular flexibility index (Phi) is 18.8. The SMILES string of the molecule is CCCC(C)(COB(O)c1c(OCCCO)cccc1C(O)CN)COc1cccc2c1B(OBc1c(OCCCO)cccc1C(CN)ONO)OC2CN. The van der Waals surface area contributed by atoms with Gasteiger partial charge in [-0.1, -0.05) is 62.3 Å². The second-order valence-corrected chi connectivity index (χ2v) is 13.9. The number of aliphatic hydroxyl groups is 3. The van der Waals surface area contributed by atoms with Crippen LogP contribution in [0, 0.1) is 5.41 Å². The zero-order chi connectivity index (χ0) is 40.5. The molecule has 16 nitrogen and oxygen atoms in total. The summed E-state index contributed by atoms with van der Waals surface area (Å²) in [6, 6.07) is 16.0. The van der Waals surface area contributed by atoms with E-state index in [9.17, 15) is 25.6 Å². The van der Waals surface area contributed by atoms with Crippen LogP contribution < -0.4 is 53.4 Å². The summed E-state index contributed by atoms with van der Waals surface area (Å²) in [5.74, 6) is 1.35. The maximum absolute atomic E-state index is 11.4. The molecule has 1 heterocycles. The first-order valence-corrected chi connectivity index (χ1v) is 19.1. The van der Waals surface area contributed by atoms with Crippen LogP contribution in [0.2, 0.25) is 0 Å². The molecule has 1 aliphatic heterocycles. The van der Waals surface area contributed by atoms with Crippen LogP contribution in [-0.2, 0) is 18.7 Å². The minimum Gasteiger partial charge on any atom is -0.494 e. The fraction of sp³-hybridized carbons (Fsp3) is 0.514. The Hall–Kier alpha value is -3.27. The molecule has 56 heavy (non-hydrogen) atoms. The monoisotopic (exact) mass is 782 g/mol. The third kappa shape index (κ3) is 11.9. The number of nitrogens with one attached hydrogen (secondary N) is 1. The highest BCUT2D eigenvalue weighted by Gasteiger charge is 2.41. The lowest BCUT2D eigenvalue weighted by atomic mass is 9.72. The molecule has 4 unspecified atom stereocenters. The van der Waals surface area contributed by atoms with E-state index in [1.807, 2.05) is 25.1 Å². The first-order chi connectivity index (χ1) is 27.2. The number of hydrogen-bond acceptors (Lipinski definition) is 16. The summed E-state index contributed by atoms with van der Waals surface area (Å²) in [5, 5.41) is 50.0. The van der Waals surface area contributed by atoms with E-state index in [1.54, 1.807) is 42.0 Å². The van der Waals surface area contributed by atoms with Gasteiger partial charge in [0.05, 0.1) is 32.0 Å². The maximum Gasteiger partial charge on any atom is 0.495 e. The molecule has 0 fully saturated rings. The van der Waals surface area contributed by atoms with E-state index in [1.165, 1.54) is 0 Å². The number of rotatable bonds is 27. The fourth-order valence-electron chi connectivity index (χ4n) is 6.72. The Bertz CT molecular complexity index is 1630. The van der Waals surface area contributed by atoms with Gasteiger partial charge in [0.15, 0.2) is 0 Å². The van der Waals surface area contributed by atoms with E-state index in [0.717, 1.165) is 12.0 Å².